The lowest BCUT2D eigenvalue weighted by Crippen LogP contribution is -2.50. The molecule has 0 aromatic heterocycles. The van der Waals surface area contributed by atoms with Crippen molar-refractivity contribution in [3.05, 3.63) is 39.9 Å². The van der Waals surface area contributed by atoms with E-state index in [4.69, 9.17) is 14.2 Å². The third-order valence-electron chi connectivity index (χ3n) is 5.52. The summed E-state index contributed by atoms with van der Waals surface area (Å²) in [5.74, 6) is -3.42. The molecule has 44 heavy (non-hydrogen) atoms. The number of rotatable bonds is 14. The fourth-order valence-corrected chi connectivity index (χ4v) is 3.79. The second-order valence-electron chi connectivity index (χ2n) is 13.4. The number of ether oxygens (including phenoxy) is 3. The lowest BCUT2D eigenvalue weighted by Gasteiger charge is -2.26. The van der Waals surface area contributed by atoms with Gasteiger partial charge in [0.1, 0.15) is 28.9 Å². The molecular weight excluding hydrogens is 574 g/mol. The third kappa shape index (κ3) is 16.6. The zero-order valence-corrected chi connectivity index (χ0v) is 27.2. The van der Waals surface area contributed by atoms with E-state index in [9.17, 15) is 34.1 Å². The number of hydrogen-bond donors (Lipinski definition) is 2. The Labute approximate surface area is 258 Å². The van der Waals surface area contributed by atoms with E-state index < -0.39 is 70.0 Å². The van der Waals surface area contributed by atoms with Gasteiger partial charge in [0.25, 0.3) is 5.69 Å². The first kappa shape index (κ1) is 38.0. The zero-order chi connectivity index (χ0) is 33.9. The van der Waals surface area contributed by atoms with E-state index in [1.165, 1.54) is 12.1 Å². The van der Waals surface area contributed by atoms with Crippen molar-refractivity contribution in [1.82, 2.24) is 10.6 Å². The van der Waals surface area contributed by atoms with Crippen LogP contribution in [0.5, 0.6) is 0 Å². The Morgan fingerprint density at radius 3 is 1.68 bits per heavy atom. The van der Waals surface area contributed by atoms with E-state index in [2.05, 4.69) is 10.6 Å². The van der Waals surface area contributed by atoms with Crippen LogP contribution in [0.15, 0.2) is 24.3 Å². The maximum absolute atomic E-state index is 13.1. The molecule has 0 aliphatic heterocycles. The fourth-order valence-electron chi connectivity index (χ4n) is 3.79. The van der Waals surface area contributed by atoms with Gasteiger partial charge in [0.15, 0.2) is 0 Å². The minimum Gasteiger partial charge on any atom is -0.460 e. The van der Waals surface area contributed by atoms with Crippen LogP contribution in [0.3, 0.4) is 0 Å². The van der Waals surface area contributed by atoms with Gasteiger partial charge in [-0.15, -0.1) is 0 Å². The van der Waals surface area contributed by atoms with Crippen LogP contribution in [-0.2, 0) is 44.6 Å². The molecule has 2 N–H and O–H groups in total. The van der Waals surface area contributed by atoms with Crippen LogP contribution in [0.2, 0.25) is 0 Å². The highest BCUT2D eigenvalue weighted by Crippen LogP contribution is 2.16. The van der Waals surface area contributed by atoms with Gasteiger partial charge in [-0.1, -0.05) is 12.1 Å². The third-order valence-corrected chi connectivity index (χ3v) is 5.52. The molecule has 0 aliphatic rings. The van der Waals surface area contributed by atoms with Crippen LogP contribution < -0.4 is 10.6 Å². The van der Waals surface area contributed by atoms with Crippen molar-refractivity contribution < 1.29 is 43.1 Å². The summed E-state index contributed by atoms with van der Waals surface area (Å²) in [6.45, 7) is 15.0. The highest BCUT2D eigenvalue weighted by Gasteiger charge is 2.32. The summed E-state index contributed by atoms with van der Waals surface area (Å²) in [6.07, 6.45) is 0.0215. The summed E-state index contributed by atoms with van der Waals surface area (Å²) < 4.78 is 16.1. The minimum atomic E-state index is -1.36. The molecule has 0 fully saturated rings. The first-order valence-electron chi connectivity index (χ1n) is 14.5. The van der Waals surface area contributed by atoms with E-state index in [-0.39, 0.29) is 24.9 Å². The van der Waals surface area contributed by atoms with E-state index in [0.29, 0.717) is 12.8 Å². The molecule has 0 heterocycles. The van der Waals surface area contributed by atoms with Crippen LogP contribution in [0.4, 0.5) is 5.69 Å². The lowest BCUT2D eigenvalue weighted by atomic mass is 10.1. The molecule has 246 valence electrons. The molecule has 0 bridgehead atoms. The van der Waals surface area contributed by atoms with Crippen molar-refractivity contribution >= 4 is 35.4 Å². The Morgan fingerprint density at radius 2 is 1.20 bits per heavy atom. The Morgan fingerprint density at radius 1 is 0.727 bits per heavy atom. The number of non-ortho nitro benzene ring substituents is 1. The van der Waals surface area contributed by atoms with Crippen molar-refractivity contribution in [2.75, 3.05) is 0 Å². The Bertz CT molecular complexity index is 1180. The molecule has 2 amide bonds. The van der Waals surface area contributed by atoms with Crippen LogP contribution in [0.1, 0.15) is 100.0 Å². The smallest absolute Gasteiger partial charge is 0.329 e. The topological polar surface area (TPSA) is 180 Å². The summed E-state index contributed by atoms with van der Waals surface area (Å²) in [5.41, 5.74) is -1.75. The van der Waals surface area contributed by atoms with E-state index >= 15 is 0 Å². The molecule has 13 heteroatoms. The number of nitro benzene ring substituents is 1. The van der Waals surface area contributed by atoms with Crippen LogP contribution >= 0.6 is 0 Å². The quantitative estimate of drug-likeness (QED) is 0.133. The van der Waals surface area contributed by atoms with Crippen molar-refractivity contribution in [2.24, 2.45) is 0 Å². The molecule has 13 nitrogen and oxygen atoms in total. The monoisotopic (exact) mass is 621 g/mol. The lowest BCUT2D eigenvalue weighted by molar-refractivity contribution is -0.384. The summed E-state index contributed by atoms with van der Waals surface area (Å²) in [5, 5.41) is 15.9. The van der Waals surface area contributed by atoms with E-state index in [1.807, 2.05) is 0 Å². The molecule has 1 rings (SSSR count). The van der Waals surface area contributed by atoms with Crippen molar-refractivity contribution in [3.63, 3.8) is 0 Å². The largest absolute Gasteiger partial charge is 0.460 e. The predicted octanol–water partition coefficient (Wildman–Crippen LogP) is 4.08. The number of carbonyl (C=O) groups is 5. The SMILES string of the molecule is CC(C)(C)OC(=O)CCC(NC(=O)CC(NC(=O)CCCc1ccc([N+](=O)[O-])cc1)C(=O)OC(C)(C)C)C(=O)OC(C)(C)C. The Hall–Kier alpha value is -4.03. The Kier molecular flexibility index (Phi) is 14.0. The van der Waals surface area contributed by atoms with Gasteiger partial charge in [-0.25, -0.2) is 9.59 Å². The second kappa shape index (κ2) is 16.2. The van der Waals surface area contributed by atoms with Gasteiger partial charge in [0, 0.05) is 25.0 Å². The van der Waals surface area contributed by atoms with Crippen LogP contribution in [0, 0.1) is 10.1 Å². The molecule has 0 radical (unpaired) electrons. The van der Waals surface area contributed by atoms with Crippen LogP contribution in [0.25, 0.3) is 0 Å². The molecule has 1 aromatic rings. The molecule has 2 unspecified atom stereocenters. The predicted molar refractivity (Wildman–Crippen MR) is 161 cm³/mol. The highest BCUT2D eigenvalue weighted by atomic mass is 16.6. The van der Waals surface area contributed by atoms with Gasteiger partial charge in [-0.2, -0.15) is 0 Å². The molecule has 0 aliphatic carbocycles. The van der Waals surface area contributed by atoms with Gasteiger partial charge in [0.05, 0.1) is 11.3 Å². The van der Waals surface area contributed by atoms with Gasteiger partial charge in [0.2, 0.25) is 11.8 Å². The summed E-state index contributed by atoms with van der Waals surface area (Å²) in [7, 11) is 0. The fraction of sp³-hybridized carbons (Fsp3) is 0.645. The first-order chi connectivity index (χ1) is 20.0. The van der Waals surface area contributed by atoms with Gasteiger partial charge >= 0.3 is 17.9 Å². The highest BCUT2D eigenvalue weighted by molar-refractivity contribution is 5.91. The average Bonchev–Trinajstić information content (AvgIpc) is 2.83. The number of amides is 2. The standard InChI is InChI=1S/C31H47N3O10/c1-29(2,3)42-26(37)18-17-22(27(38)43-30(4,5)6)32-25(36)19-23(28(39)44-31(7,8)9)33-24(35)12-10-11-20-13-15-21(16-14-20)34(40)41/h13-16,22-23H,10-12,17-19H2,1-9H3,(H,32,36)(H,33,35). The van der Waals surface area contributed by atoms with Gasteiger partial charge in [-0.05, 0) is 87.1 Å². The number of carbonyl (C=O) groups excluding carboxylic acids is 5. The van der Waals surface area contributed by atoms with Gasteiger partial charge < -0.3 is 24.8 Å². The summed E-state index contributed by atoms with van der Waals surface area (Å²) >= 11 is 0. The zero-order valence-electron chi connectivity index (χ0n) is 27.2. The molecular formula is C31H47N3O10. The second-order valence-corrected chi connectivity index (χ2v) is 13.4. The maximum atomic E-state index is 13.1. The van der Waals surface area contributed by atoms with Crippen molar-refractivity contribution in [1.29, 1.82) is 0 Å². The van der Waals surface area contributed by atoms with E-state index in [0.717, 1.165) is 5.56 Å². The number of benzene rings is 1. The minimum absolute atomic E-state index is 0.00826. The van der Waals surface area contributed by atoms with Crippen molar-refractivity contribution in [2.45, 2.75) is 130 Å². The molecule has 0 saturated carbocycles. The average molecular weight is 622 g/mol. The van der Waals surface area contributed by atoms with Crippen molar-refractivity contribution in [3.8, 4) is 0 Å². The molecule has 0 spiro atoms. The number of nitro groups is 1. The van der Waals surface area contributed by atoms with E-state index in [1.54, 1.807) is 74.4 Å². The number of nitrogens with zero attached hydrogens (tertiary/aromatic N) is 1. The molecule has 2 atom stereocenters. The Balaban J connectivity index is 2.95. The number of esters is 3. The maximum Gasteiger partial charge on any atom is 0.329 e. The number of aryl methyl sites for hydroxylation is 1. The number of nitrogens with one attached hydrogen (secondary N) is 2. The summed E-state index contributed by atoms with van der Waals surface area (Å²) in [6, 6.07) is 3.40. The molecule has 1 aromatic carbocycles. The number of hydrogen-bond acceptors (Lipinski definition) is 10. The first-order valence-corrected chi connectivity index (χ1v) is 14.5. The van der Waals surface area contributed by atoms with Gasteiger partial charge in [-0.3, -0.25) is 24.5 Å². The molecule has 0 saturated heterocycles. The summed E-state index contributed by atoms with van der Waals surface area (Å²) in [4.78, 5) is 74.3. The normalized spacial score (nSPS) is 13.2. The van der Waals surface area contributed by atoms with Crippen LogP contribution in [-0.4, -0.2) is 63.5 Å².